The molecule has 1 amide bonds. The van der Waals surface area contributed by atoms with Crippen molar-refractivity contribution in [3.05, 3.63) is 35.3 Å². The number of carbonyl (C=O) groups is 1. The number of aromatic nitrogens is 3. The first-order valence-corrected chi connectivity index (χ1v) is 9.70. The van der Waals surface area contributed by atoms with Gasteiger partial charge in [0.15, 0.2) is 0 Å². The van der Waals surface area contributed by atoms with Gasteiger partial charge in [-0.2, -0.15) is 0 Å². The standard InChI is InChI=1S/C19H27N5O3/c1-14(2)18-21-20-17-3-4-23(5-6-24(17)18)19(25)15-11-16(27-13-15)12-22-7-9-26-10-8-22/h11,13-14H,3-10,12H2,1-2H3. The van der Waals surface area contributed by atoms with Crippen molar-refractivity contribution in [2.45, 2.75) is 39.3 Å². The van der Waals surface area contributed by atoms with Crippen LogP contribution in [0.25, 0.3) is 0 Å². The predicted octanol–water partition coefficient (Wildman–Crippen LogP) is 1.53. The molecule has 146 valence electrons. The van der Waals surface area contributed by atoms with E-state index in [0.29, 0.717) is 24.6 Å². The van der Waals surface area contributed by atoms with E-state index in [1.807, 2.05) is 11.0 Å². The van der Waals surface area contributed by atoms with E-state index in [0.717, 1.165) is 63.2 Å². The fourth-order valence-corrected chi connectivity index (χ4v) is 3.71. The molecule has 0 atom stereocenters. The summed E-state index contributed by atoms with van der Waals surface area (Å²) in [5.74, 6) is 3.14. The van der Waals surface area contributed by atoms with Crippen LogP contribution < -0.4 is 0 Å². The Kier molecular flexibility index (Phi) is 5.27. The maximum atomic E-state index is 12.9. The van der Waals surface area contributed by atoms with Crippen molar-refractivity contribution in [3.63, 3.8) is 0 Å². The van der Waals surface area contributed by atoms with Crippen LogP contribution >= 0.6 is 0 Å². The van der Waals surface area contributed by atoms with Gasteiger partial charge in [0.25, 0.3) is 5.91 Å². The van der Waals surface area contributed by atoms with E-state index in [1.54, 1.807) is 6.26 Å². The van der Waals surface area contributed by atoms with Gasteiger partial charge in [-0.05, 0) is 6.07 Å². The van der Waals surface area contributed by atoms with E-state index in [9.17, 15) is 4.79 Å². The zero-order valence-electron chi connectivity index (χ0n) is 16.1. The van der Waals surface area contributed by atoms with Crippen LogP contribution in [0.5, 0.6) is 0 Å². The first-order chi connectivity index (χ1) is 13.1. The van der Waals surface area contributed by atoms with Crippen LogP contribution in [-0.2, 0) is 24.2 Å². The van der Waals surface area contributed by atoms with E-state index in [4.69, 9.17) is 9.15 Å². The van der Waals surface area contributed by atoms with Crippen molar-refractivity contribution in [2.75, 3.05) is 39.4 Å². The summed E-state index contributed by atoms with van der Waals surface area (Å²) in [4.78, 5) is 17.1. The van der Waals surface area contributed by atoms with Crippen molar-refractivity contribution in [1.82, 2.24) is 24.6 Å². The number of amides is 1. The van der Waals surface area contributed by atoms with Gasteiger partial charge in [-0.25, -0.2) is 0 Å². The largest absolute Gasteiger partial charge is 0.467 e. The fraction of sp³-hybridized carbons (Fsp3) is 0.632. The van der Waals surface area contributed by atoms with Crippen LogP contribution in [0.15, 0.2) is 16.7 Å². The molecule has 4 rings (SSSR count). The Labute approximate surface area is 159 Å². The zero-order valence-corrected chi connectivity index (χ0v) is 16.1. The third-order valence-electron chi connectivity index (χ3n) is 5.24. The van der Waals surface area contributed by atoms with Gasteiger partial charge in [0.2, 0.25) is 0 Å². The van der Waals surface area contributed by atoms with Crippen LogP contribution in [0.3, 0.4) is 0 Å². The maximum absolute atomic E-state index is 12.9. The van der Waals surface area contributed by atoms with Crippen LogP contribution in [0, 0.1) is 0 Å². The third kappa shape index (κ3) is 3.91. The molecule has 0 aromatic carbocycles. The van der Waals surface area contributed by atoms with Gasteiger partial charge in [-0.1, -0.05) is 13.8 Å². The summed E-state index contributed by atoms with van der Waals surface area (Å²) < 4.78 is 13.2. The van der Waals surface area contributed by atoms with Gasteiger partial charge in [0, 0.05) is 45.1 Å². The highest BCUT2D eigenvalue weighted by molar-refractivity contribution is 5.94. The fourth-order valence-electron chi connectivity index (χ4n) is 3.71. The molecular weight excluding hydrogens is 346 g/mol. The van der Waals surface area contributed by atoms with Gasteiger partial charge >= 0.3 is 0 Å². The number of morpholine rings is 1. The average molecular weight is 373 g/mol. The molecule has 2 aliphatic rings. The Hall–Kier alpha value is -2.19. The number of rotatable bonds is 4. The number of ether oxygens (including phenoxy) is 1. The summed E-state index contributed by atoms with van der Waals surface area (Å²) in [6.45, 7) is 10.3. The quantitative estimate of drug-likeness (QED) is 0.809. The molecule has 4 heterocycles. The molecule has 0 unspecified atom stereocenters. The Morgan fingerprint density at radius 3 is 2.74 bits per heavy atom. The van der Waals surface area contributed by atoms with Crippen LogP contribution in [0.4, 0.5) is 0 Å². The van der Waals surface area contributed by atoms with E-state index in [2.05, 4.69) is 33.5 Å². The predicted molar refractivity (Wildman–Crippen MR) is 98.5 cm³/mol. The van der Waals surface area contributed by atoms with Crippen LogP contribution in [-0.4, -0.2) is 69.9 Å². The topological polar surface area (TPSA) is 76.6 Å². The van der Waals surface area contributed by atoms with Gasteiger partial charge < -0.3 is 18.6 Å². The molecule has 2 aromatic heterocycles. The highest BCUT2D eigenvalue weighted by Crippen LogP contribution is 2.19. The highest BCUT2D eigenvalue weighted by Gasteiger charge is 2.24. The van der Waals surface area contributed by atoms with Crippen LogP contribution in [0.1, 0.15) is 47.5 Å². The molecule has 8 nitrogen and oxygen atoms in total. The average Bonchev–Trinajstić information content (AvgIpc) is 3.24. The normalized spacial score (nSPS) is 18.6. The van der Waals surface area contributed by atoms with Crippen molar-refractivity contribution >= 4 is 5.91 Å². The lowest BCUT2D eigenvalue weighted by Gasteiger charge is -2.25. The Morgan fingerprint density at radius 1 is 1.15 bits per heavy atom. The summed E-state index contributed by atoms with van der Waals surface area (Å²) in [7, 11) is 0. The van der Waals surface area contributed by atoms with Crippen LogP contribution in [0.2, 0.25) is 0 Å². The monoisotopic (exact) mass is 373 g/mol. The second-order valence-corrected chi connectivity index (χ2v) is 7.51. The molecule has 0 aliphatic carbocycles. The molecule has 8 heteroatoms. The van der Waals surface area contributed by atoms with Crippen molar-refractivity contribution < 1.29 is 13.9 Å². The molecule has 1 saturated heterocycles. The molecule has 2 aliphatic heterocycles. The molecular formula is C19H27N5O3. The van der Waals surface area contributed by atoms with E-state index >= 15 is 0 Å². The minimum atomic E-state index is 0.0248. The molecule has 2 aromatic rings. The summed E-state index contributed by atoms with van der Waals surface area (Å²) in [6, 6.07) is 1.88. The molecule has 27 heavy (non-hydrogen) atoms. The SMILES string of the molecule is CC(C)c1nnc2n1CCN(C(=O)c1coc(CN3CCOCC3)c1)CC2. The first kappa shape index (κ1) is 18.2. The minimum absolute atomic E-state index is 0.0248. The number of carbonyl (C=O) groups excluding carboxylic acids is 1. The lowest BCUT2D eigenvalue weighted by molar-refractivity contribution is 0.0313. The third-order valence-corrected chi connectivity index (χ3v) is 5.24. The molecule has 0 N–H and O–H groups in total. The molecule has 1 fully saturated rings. The second kappa shape index (κ2) is 7.82. The van der Waals surface area contributed by atoms with Gasteiger partial charge in [0.05, 0.1) is 25.3 Å². The maximum Gasteiger partial charge on any atom is 0.257 e. The number of furan rings is 1. The number of hydrogen-bond acceptors (Lipinski definition) is 6. The van der Waals surface area contributed by atoms with Gasteiger partial charge in [0.1, 0.15) is 23.7 Å². The lowest BCUT2D eigenvalue weighted by Crippen LogP contribution is -2.35. The van der Waals surface area contributed by atoms with Gasteiger partial charge in [-0.15, -0.1) is 10.2 Å². The van der Waals surface area contributed by atoms with Crippen molar-refractivity contribution in [3.8, 4) is 0 Å². The molecule has 0 radical (unpaired) electrons. The zero-order chi connectivity index (χ0) is 18.8. The molecule has 0 spiro atoms. The number of nitrogens with zero attached hydrogens (tertiary/aromatic N) is 5. The lowest BCUT2D eigenvalue weighted by atomic mass is 10.2. The second-order valence-electron chi connectivity index (χ2n) is 7.51. The number of hydrogen-bond donors (Lipinski definition) is 0. The molecule has 0 bridgehead atoms. The highest BCUT2D eigenvalue weighted by atomic mass is 16.5. The van der Waals surface area contributed by atoms with E-state index < -0.39 is 0 Å². The van der Waals surface area contributed by atoms with Crippen molar-refractivity contribution in [2.24, 2.45) is 0 Å². The summed E-state index contributed by atoms with van der Waals surface area (Å²) >= 11 is 0. The smallest absolute Gasteiger partial charge is 0.257 e. The van der Waals surface area contributed by atoms with E-state index in [-0.39, 0.29) is 5.91 Å². The minimum Gasteiger partial charge on any atom is -0.467 e. The Balaban J connectivity index is 1.40. The van der Waals surface area contributed by atoms with Gasteiger partial charge in [-0.3, -0.25) is 9.69 Å². The Bertz CT molecular complexity index is 791. The molecule has 0 saturated carbocycles. The number of fused-ring (bicyclic) bond motifs is 1. The van der Waals surface area contributed by atoms with Crippen molar-refractivity contribution in [1.29, 1.82) is 0 Å². The summed E-state index contributed by atoms with van der Waals surface area (Å²) in [5.41, 5.74) is 0.625. The summed E-state index contributed by atoms with van der Waals surface area (Å²) in [5, 5.41) is 8.62. The first-order valence-electron chi connectivity index (χ1n) is 9.70. The Morgan fingerprint density at radius 2 is 1.96 bits per heavy atom. The van der Waals surface area contributed by atoms with E-state index in [1.165, 1.54) is 0 Å². The summed E-state index contributed by atoms with van der Waals surface area (Å²) in [6.07, 6.45) is 2.31.